The minimum Gasteiger partial charge on any atom is -0.480 e. The van der Waals surface area contributed by atoms with Crippen molar-refractivity contribution in [1.29, 1.82) is 0 Å². The predicted molar refractivity (Wildman–Crippen MR) is 79.6 cm³/mol. The largest absolute Gasteiger partial charge is 0.480 e. The van der Waals surface area contributed by atoms with Crippen LogP contribution in [0.3, 0.4) is 0 Å². The van der Waals surface area contributed by atoms with E-state index in [-0.39, 0.29) is 6.04 Å². The van der Waals surface area contributed by atoms with Crippen molar-refractivity contribution in [3.63, 3.8) is 0 Å². The summed E-state index contributed by atoms with van der Waals surface area (Å²) in [5.74, 6) is -0.677. The van der Waals surface area contributed by atoms with Crippen LogP contribution in [0.5, 0.6) is 0 Å². The normalized spacial score (nSPS) is 18.9. The molecule has 1 heterocycles. The lowest BCUT2D eigenvalue weighted by Crippen LogP contribution is -2.52. The van der Waals surface area contributed by atoms with Crippen LogP contribution in [0, 0.1) is 0 Å². The summed E-state index contributed by atoms with van der Waals surface area (Å²) in [6.45, 7) is 6.60. The highest BCUT2D eigenvalue weighted by molar-refractivity contribution is 5.73. The summed E-state index contributed by atoms with van der Waals surface area (Å²) in [4.78, 5) is 15.8. The van der Waals surface area contributed by atoms with E-state index < -0.39 is 5.97 Å². The monoisotopic (exact) mass is 276 g/mol. The summed E-state index contributed by atoms with van der Waals surface area (Å²) in [6.07, 6.45) is 1.66. The molecule has 0 aliphatic carbocycles. The van der Waals surface area contributed by atoms with E-state index in [0.29, 0.717) is 0 Å². The Morgan fingerprint density at radius 3 is 2.40 bits per heavy atom. The average molecular weight is 276 g/mol. The van der Waals surface area contributed by atoms with Crippen LogP contribution in [-0.4, -0.2) is 53.1 Å². The van der Waals surface area contributed by atoms with Crippen molar-refractivity contribution in [2.45, 2.75) is 32.4 Å². The average Bonchev–Trinajstić information content (AvgIpc) is 2.47. The van der Waals surface area contributed by atoms with Gasteiger partial charge in [-0.25, -0.2) is 0 Å². The van der Waals surface area contributed by atoms with Crippen LogP contribution >= 0.6 is 0 Å². The number of hydrogen-bond donors (Lipinski definition) is 1. The molecule has 0 bridgehead atoms. The Bertz CT molecular complexity index is 414. The Morgan fingerprint density at radius 2 is 1.85 bits per heavy atom. The lowest BCUT2D eigenvalue weighted by molar-refractivity contribution is -0.144. The zero-order valence-electron chi connectivity index (χ0n) is 12.2. The second-order valence-corrected chi connectivity index (χ2v) is 5.44. The van der Waals surface area contributed by atoms with Gasteiger partial charge in [-0.15, -0.1) is 0 Å². The van der Waals surface area contributed by atoms with E-state index in [1.54, 1.807) is 0 Å². The smallest absolute Gasteiger partial charge is 0.320 e. The number of hydrogen-bond acceptors (Lipinski definition) is 3. The van der Waals surface area contributed by atoms with Crippen molar-refractivity contribution in [2.24, 2.45) is 0 Å². The molecule has 0 amide bonds. The van der Waals surface area contributed by atoms with Gasteiger partial charge in [0.1, 0.15) is 6.04 Å². The fraction of sp³-hybridized carbons (Fsp3) is 0.562. The number of piperazine rings is 1. The lowest BCUT2D eigenvalue weighted by Gasteiger charge is -2.37. The molecule has 1 N–H and O–H groups in total. The molecule has 4 heteroatoms. The zero-order valence-corrected chi connectivity index (χ0v) is 12.2. The third-order valence-corrected chi connectivity index (χ3v) is 3.94. The van der Waals surface area contributed by atoms with Gasteiger partial charge in [-0.3, -0.25) is 14.6 Å². The van der Waals surface area contributed by atoms with Crippen molar-refractivity contribution < 1.29 is 9.90 Å². The predicted octanol–water partition coefficient (Wildman–Crippen LogP) is 2.06. The Balaban J connectivity index is 1.84. The molecular formula is C16H24N2O2. The summed E-state index contributed by atoms with van der Waals surface area (Å²) >= 11 is 0. The molecule has 0 aromatic heterocycles. The molecule has 2 rings (SSSR count). The van der Waals surface area contributed by atoms with Gasteiger partial charge in [-0.1, -0.05) is 43.7 Å². The minimum absolute atomic E-state index is 0.307. The number of carboxylic acids is 1. The Morgan fingerprint density at radius 1 is 1.20 bits per heavy atom. The number of nitrogens with zero attached hydrogens (tertiary/aromatic N) is 2. The maximum absolute atomic E-state index is 11.3. The Hall–Kier alpha value is -1.39. The molecule has 0 saturated carbocycles. The van der Waals surface area contributed by atoms with Crippen LogP contribution in [0.1, 0.15) is 25.3 Å². The highest BCUT2D eigenvalue weighted by atomic mass is 16.4. The molecular weight excluding hydrogens is 252 g/mol. The molecule has 0 radical (unpaired) electrons. The quantitative estimate of drug-likeness (QED) is 0.863. The van der Waals surface area contributed by atoms with Gasteiger partial charge in [-0.05, 0) is 12.0 Å². The lowest BCUT2D eigenvalue weighted by atomic mass is 10.1. The van der Waals surface area contributed by atoms with Gasteiger partial charge < -0.3 is 5.11 Å². The molecule has 1 saturated heterocycles. The molecule has 1 aliphatic rings. The minimum atomic E-state index is -0.677. The molecule has 1 atom stereocenters. The molecule has 0 spiro atoms. The SMILES string of the molecule is CCCC(C(=O)O)N1CCN(Cc2ccccc2)CC1. The number of carboxylic acid groups (broad SMARTS) is 1. The fourth-order valence-electron chi connectivity index (χ4n) is 2.81. The molecule has 1 unspecified atom stereocenters. The highest BCUT2D eigenvalue weighted by Gasteiger charge is 2.27. The van der Waals surface area contributed by atoms with Gasteiger partial charge in [-0.2, -0.15) is 0 Å². The maximum atomic E-state index is 11.3. The van der Waals surface area contributed by atoms with Crippen molar-refractivity contribution in [1.82, 2.24) is 9.80 Å². The van der Waals surface area contributed by atoms with Crippen LogP contribution in [0.25, 0.3) is 0 Å². The van der Waals surface area contributed by atoms with Gasteiger partial charge in [0.25, 0.3) is 0 Å². The number of benzene rings is 1. The van der Waals surface area contributed by atoms with Crippen molar-refractivity contribution in [2.75, 3.05) is 26.2 Å². The summed E-state index contributed by atoms with van der Waals surface area (Å²) in [6, 6.07) is 10.1. The zero-order chi connectivity index (χ0) is 14.4. The number of rotatable bonds is 6. The standard InChI is InChI=1S/C16H24N2O2/c1-2-6-15(16(19)20)18-11-9-17(10-12-18)13-14-7-4-3-5-8-14/h3-5,7-8,15H,2,6,9-13H2,1H3,(H,19,20). The van der Waals surface area contributed by atoms with E-state index in [4.69, 9.17) is 0 Å². The molecule has 1 aromatic rings. The van der Waals surface area contributed by atoms with Gasteiger partial charge in [0.15, 0.2) is 0 Å². The third-order valence-electron chi connectivity index (χ3n) is 3.94. The summed E-state index contributed by atoms with van der Waals surface area (Å²) < 4.78 is 0. The summed E-state index contributed by atoms with van der Waals surface area (Å²) in [7, 11) is 0. The fourth-order valence-corrected chi connectivity index (χ4v) is 2.81. The highest BCUT2D eigenvalue weighted by Crippen LogP contribution is 2.13. The van der Waals surface area contributed by atoms with Crippen molar-refractivity contribution in [3.8, 4) is 0 Å². The van der Waals surface area contributed by atoms with Crippen molar-refractivity contribution in [3.05, 3.63) is 35.9 Å². The first-order chi connectivity index (χ1) is 9.70. The topological polar surface area (TPSA) is 43.8 Å². The molecule has 20 heavy (non-hydrogen) atoms. The van der Waals surface area contributed by atoms with Gasteiger partial charge in [0.2, 0.25) is 0 Å². The van der Waals surface area contributed by atoms with Crippen LogP contribution in [0.2, 0.25) is 0 Å². The van der Waals surface area contributed by atoms with E-state index in [1.807, 2.05) is 13.0 Å². The second kappa shape index (κ2) is 7.41. The van der Waals surface area contributed by atoms with Crippen LogP contribution in [0.4, 0.5) is 0 Å². The summed E-state index contributed by atoms with van der Waals surface area (Å²) in [5, 5.41) is 9.30. The second-order valence-electron chi connectivity index (χ2n) is 5.44. The van der Waals surface area contributed by atoms with Crippen LogP contribution in [-0.2, 0) is 11.3 Å². The van der Waals surface area contributed by atoms with Gasteiger partial charge in [0.05, 0.1) is 0 Å². The Kier molecular flexibility index (Phi) is 5.56. The van der Waals surface area contributed by atoms with E-state index in [1.165, 1.54) is 5.56 Å². The molecule has 1 aromatic carbocycles. The Labute approximate surface area is 121 Å². The van der Waals surface area contributed by atoms with Crippen LogP contribution in [0.15, 0.2) is 30.3 Å². The molecule has 110 valence electrons. The van der Waals surface area contributed by atoms with Gasteiger partial charge >= 0.3 is 5.97 Å². The van der Waals surface area contributed by atoms with E-state index in [2.05, 4.69) is 34.1 Å². The van der Waals surface area contributed by atoms with Crippen LogP contribution < -0.4 is 0 Å². The van der Waals surface area contributed by atoms with Crippen molar-refractivity contribution >= 4 is 5.97 Å². The molecule has 1 fully saturated rings. The maximum Gasteiger partial charge on any atom is 0.320 e. The van der Waals surface area contributed by atoms with E-state index >= 15 is 0 Å². The first-order valence-corrected chi connectivity index (χ1v) is 7.44. The third kappa shape index (κ3) is 4.05. The summed E-state index contributed by atoms with van der Waals surface area (Å²) in [5.41, 5.74) is 1.32. The first-order valence-electron chi connectivity index (χ1n) is 7.44. The van der Waals surface area contributed by atoms with E-state index in [9.17, 15) is 9.90 Å². The van der Waals surface area contributed by atoms with E-state index in [0.717, 1.165) is 45.6 Å². The molecule has 1 aliphatic heterocycles. The van der Waals surface area contributed by atoms with Gasteiger partial charge in [0, 0.05) is 32.7 Å². The number of carbonyl (C=O) groups is 1. The number of aliphatic carboxylic acids is 1. The first kappa shape index (κ1) is 15.0. The molecule has 4 nitrogen and oxygen atoms in total.